The summed E-state index contributed by atoms with van der Waals surface area (Å²) < 4.78 is 0. The first-order valence-electron chi connectivity index (χ1n) is 7.31. The van der Waals surface area contributed by atoms with Gasteiger partial charge in [-0.15, -0.1) is 0 Å². The van der Waals surface area contributed by atoms with Crippen molar-refractivity contribution in [3.63, 3.8) is 0 Å². The maximum absolute atomic E-state index is 6.49. The molecule has 104 valence electrons. The number of hydrogen-bond acceptors (Lipinski definition) is 4. The van der Waals surface area contributed by atoms with E-state index >= 15 is 0 Å². The van der Waals surface area contributed by atoms with Gasteiger partial charge in [-0.25, -0.2) is 10.4 Å². The van der Waals surface area contributed by atoms with E-state index in [1.165, 1.54) is 18.4 Å². The number of likely N-dealkylation sites (tertiary alicyclic amines) is 1. The van der Waals surface area contributed by atoms with Gasteiger partial charge in [-0.3, -0.25) is 4.90 Å². The van der Waals surface area contributed by atoms with Crippen LogP contribution < -0.4 is 11.2 Å². The third kappa shape index (κ3) is 3.34. The van der Waals surface area contributed by atoms with Gasteiger partial charge in [0, 0.05) is 32.7 Å². The van der Waals surface area contributed by atoms with E-state index < -0.39 is 0 Å². The van der Waals surface area contributed by atoms with E-state index in [0.29, 0.717) is 0 Å². The highest BCUT2D eigenvalue weighted by Gasteiger charge is 2.36. The van der Waals surface area contributed by atoms with Gasteiger partial charge in [-0.05, 0) is 24.8 Å². The Bertz CT molecular complexity index is 402. The Hall–Kier alpha value is -0.940. The Balaban J connectivity index is 1.54. The van der Waals surface area contributed by atoms with Crippen molar-refractivity contribution in [2.45, 2.75) is 31.5 Å². The van der Waals surface area contributed by atoms with Crippen LogP contribution in [0.3, 0.4) is 0 Å². The summed E-state index contributed by atoms with van der Waals surface area (Å²) in [6, 6.07) is 10.6. The molecule has 0 bridgehead atoms. The standard InChI is InChI=1S/C15H24N4/c16-15(17-19-9-4-5-10-19)8-11-18(13-15)12-14-6-2-1-3-7-14/h1-3,6-7,17H,4-5,8-13,16H2. The lowest BCUT2D eigenvalue weighted by Crippen LogP contribution is -2.60. The minimum absolute atomic E-state index is 0.237. The Kier molecular flexibility index (Phi) is 3.84. The summed E-state index contributed by atoms with van der Waals surface area (Å²) in [7, 11) is 0. The molecule has 0 spiro atoms. The van der Waals surface area contributed by atoms with Crippen LogP contribution in [0.25, 0.3) is 0 Å². The van der Waals surface area contributed by atoms with Crippen LogP contribution in [0.2, 0.25) is 0 Å². The summed E-state index contributed by atoms with van der Waals surface area (Å²) in [4.78, 5) is 2.44. The normalized spacial score (nSPS) is 29.1. The summed E-state index contributed by atoms with van der Waals surface area (Å²) in [5, 5.41) is 2.30. The molecular formula is C15H24N4. The topological polar surface area (TPSA) is 44.5 Å². The number of nitrogens with two attached hydrogens (primary N) is 1. The van der Waals surface area contributed by atoms with Crippen LogP contribution in [0.4, 0.5) is 0 Å². The lowest BCUT2D eigenvalue weighted by molar-refractivity contribution is 0.131. The average Bonchev–Trinajstić information content (AvgIpc) is 3.02. The van der Waals surface area contributed by atoms with E-state index in [4.69, 9.17) is 5.73 Å². The zero-order valence-electron chi connectivity index (χ0n) is 11.5. The molecule has 1 unspecified atom stereocenters. The molecule has 4 heteroatoms. The third-order valence-electron chi connectivity index (χ3n) is 4.12. The second-order valence-corrected chi connectivity index (χ2v) is 5.91. The fraction of sp³-hybridized carbons (Fsp3) is 0.600. The molecule has 3 N–H and O–H groups in total. The number of hydrogen-bond donors (Lipinski definition) is 2. The summed E-state index contributed by atoms with van der Waals surface area (Å²) in [6.07, 6.45) is 3.60. The monoisotopic (exact) mass is 260 g/mol. The highest BCUT2D eigenvalue weighted by molar-refractivity contribution is 5.15. The van der Waals surface area contributed by atoms with E-state index in [9.17, 15) is 0 Å². The van der Waals surface area contributed by atoms with Crippen molar-refractivity contribution in [3.8, 4) is 0 Å². The fourth-order valence-corrected chi connectivity index (χ4v) is 3.13. The lowest BCUT2D eigenvalue weighted by Gasteiger charge is -2.31. The first kappa shape index (κ1) is 13.1. The second kappa shape index (κ2) is 5.59. The van der Waals surface area contributed by atoms with Gasteiger partial charge in [0.2, 0.25) is 0 Å². The van der Waals surface area contributed by atoms with Crippen molar-refractivity contribution in [3.05, 3.63) is 35.9 Å². The lowest BCUT2D eigenvalue weighted by atomic mass is 10.2. The van der Waals surface area contributed by atoms with Crippen molar-refractivity contribution in [1.82, 2.24) is 15.3 Å². The van der Waals surface area contributed by atoms with Crippen LogP contribution in [0.5, 0.6) is 0 Å². The molecule has 1 atom stereocenters. The maximum Gasteiger partial charge on any atom is 0.0935 e. The van der Waals surface area contributed by atoms with Gasteiger partial charge in [0.25, 0.3) is 0 Å². The first-order valence-corrected chi connectivity index (χ1v) is 7.31. The van der Waals surface area contributed by atoms with Gasteiger partial charge in [0.1, 0.15) is 0 Å². The third-order valence-corrected chi connectivity index (χ3v) is 4.12. The van der Waals surface area contributed by atoms with Gasteiger partial charge in [0.15, 0.2) is 0 Å². The quantitative estimate of drug-likeness (QED) is 0.797. The number of nitrogens with zero attached hydrogens (tertiary/aromatic N) is 2. The minimum atomic E-state index is -0.237. The smallest absolute Gasteiger partial charge is 0.0935 e. The van der Waals surface area contributed by atoms with Crippen LogP contribution in [0.1, 0.15) is 24.8 Å². The fourth-order valence-electron chi connectivity index (χ4n) is 3.13. The highest BCUT2D eigenvalue weighted by Crippen LogP contribution is 2.20. The van der Waals surface area contributed by atoms with Crippen molar-refractivity contribution < 1.29 is 0 Å². The van der Waals surface area contributed by atoms with Crippen molar-refractivity contribution in [2.24, 2.45) is 5.73 Å². The molecule has 1 aromatic carbocycles. The van der Waals surface area contributed by atoms with Crippen LogP contribution in [-0.4, -0.2) is 41.8 Å². The number of hydrazine groups is 1. The summed E-state index contributed by atoms with van der Waals surface area (Å²) >= 11 is 0. The molecule has 2 heterocycles. The molecule has 0 amide bonds. The van der Waals surface area contributed by atoms with Crippen LogP contribution >= 0.6 is 0 Å². The molecule has 0 saturated carbocycles. The molecule has 19 heavy (non-hydrogen) atoms. The zero-order chi connectivity index (χ0) is 13.1. The second-order valence-electron chi connectivity index (χ2n) is 5.91. The van der Waals surface area contributed by atoms with Gasteiger partial charge in [0.05, 0.1) is 5.66 Å². The van der Waals surface area contributed by atoms with E-state index in [0.717, 1.165) is 39.1 Å². The van der Waals surface area contributed by atoms with Gasteiger partial charge in [-0.2, -0.15) is 0 Å². The molecule has 2 fully saturated rings. The van der Waals surface area contributed by atoms with Gasteiger partial charge >= 0.3 is 0 Å². The van der Waals surface area contributed by atoms with Gasteiger partial charge < -0.3 is 5.73 Å². The SMILES string of the molecule is NC1(NN2CCCC2)CCN(Cc2ccccc2)C1. The van der Waals surface area contributed by atoms with Crippen LogP contribution in [0.15, 0.2) is 30.3 Å². The zero-order valence-corrected chi connectivity index (χ0v) is 11.5. The van der Waals surface area contributed by atoms with Crippen molar-refractivity contribution in [1.29, 1.82) is 0 Å². The molecule has 0 radical (unpaired) electrons. The number of nitrogens with one attached hydrogen (secondary N) is 1. The van der Waals surface area contributed by atoms with Crippen molar-refractivity contribution in [2.75, 3.05) is 26.2 Å². The van der Waals surface area contributed by atoms with Crippen LogP contribution in [0, 0.1) is 0 Å². The molecule has 2 aliphatic heterocycles. The van der Waals surface area contributed by atoms with E-state index in [2.05, 4.69) is 45.7 Å². The Labute approximate surface area is 115 Å². The number of rotatable bonds is 4. The molecule has 2 saturated heterocycles. The molecule has 1 aromatic rings. The van der Waals surface area contributed by atoms with Gasteiger partial charge in [-0.1, -0.05) is 30.3 Å². The number of benzene rings is 1. The first-order chi connectivity index (χ1) is 9.23. The Morgan fingerprint density at radius 1 is 1.11 bits per heavy atom. The van der Waals surface area contributed by atoms with E-state index in [1.54, 1.807) is 0 Å². The molecule has 4 nitrogen and oxygen atoms in total. The average molecular weight is 260 g/mol. The molecule has 3 rings (SSSR count). The molecule has 0 aliphatic carbocycles. The highest BCUT2D eigenvalue weighted by atomic mass is 15.6. The predicted octanol–water partition coefficient (Wildman–Crippen LogP) is 1.15. The molecular weight excluding hydrogens is 236 g/mol. The van der Waals surface area contributed by atoms with E-state index in [-0.39, 0.29) is 5.66 Å². The predicted molar refractivity (Wildman–Crippen MR) is 77.2 cm³/mol. The Morgan fingerprint density at radius 2 is 1.84 bits per heavy atom. The summed E-state index contributed by atoms with van der Waals surface area (Å²) in [6.45, 7) is 5.28. The Morgan fingerprint density at radius 3 is 2.58 bits per heavy atom. The summed E-state index contributed by atoms with van der Waals surface area (Å²) in [5.41, 5.74) is 11.2. The molecule has 2 aliphatic rings. The van der Waals surface area contributed by atoms with Crippen LogP contribution in [-0.2, 0) is 6.54 Å². The van der Waals surface area contributed by atoms with E-state index in [1.807, 2.05) is 0 Å². The maximum atomic E-state index is 6.49. The van der Waals surface area contributed by atoms with Crippen molar-refractivity contribution >= 4 is 0 Å². The largest absolute Gasteiger partial charge is 0.311 e. The minimum Gasteiger partial charge on any atom is -0.311 e. The molecule has 0 aromatic heterocycles. The summed E-state index contributed by atoms with van der Waals surface area (Å²) in [5.74, 6) is 0.